The molecule has 0 amide bonds. The first-order valence-electron chi connectivity index (χ1n) is 6.54. The van der Waals surface area contributed by atoms with Crippen LogP contribution in [0.15, 0.2) is 28.7 Å². The first-order chi connectivity index (χ1) is 9.99. The predicted molar refractivity (Wildman–Crippen MR) is 80.7 cm³/mol. The molecule has 1 aromatic carbocycles. The lowest BCUT2D eigenvalue weighted by atomic mass is 10.1. The molecule has 1 aromatic heterocycles. The largest absolute Gasteiger partial charge is 0.492 e. The van der Waals surface area contributed by atoms with Gasteiger partial charge in [-0.2, -0.15) is 0 Å². The highest BCUT2D eigenvalue weighted by atomic mass is 79.9. The van der Waals surface area contributed by atoms with Gasteiger partial charge in [-0.05, 0) is 24.1 Å². The summed E-state index contributed by atoms with van der Waals surface area (Å²) in [5, 5.41) is 16.7. The van der Waals surface area contributed by atoms with E-state index in [-0.39, 0.29) is 11.6 Å². The van der Waals surface area contributed by atoms with Crippen molar-refractivity contribution in [3.63, 3.8) is 0 Å². The molecular weight excluding hydrogens is 338 g/mol. The van der Waals surface area contributed by atoms with E-state index in [0.717, 1.165) is 10.2 Å². The molecule has 2 rings (SSSR count). The SMILES string of the molecule is CC(C)c1c(C(=O)O)nnn1CCOc1cccc(Br)c1. The summed E-state index contributed by atoms with van der Waals surface area (Å²) in [7, 11) is 0. The van der Waals surface area contributed by atoms with Gasteiger partial charge in [-0.1, -0.05) is 41.1 Å². The average Bonchev–Trinajstić information content (AvgIpc) is 2.83. The van der Waals surface area contributed by atoms with Crippen LogP contribution in [0.3, 0.4) is 0 Å². The standard InChI is InChI=1S/C14H16BrN3O3/c1-9(2)13-12(14(19)20)16-17-18(13)6-7-21-11-5-3-4-10(15)8-11/h3-5,8-9H,6-7H2,1-2H3,(H,19,20). The summed E-state index contributed by atoms with van der Waals surface area (Å²) in [5.74, 6) is -0.288. The van der Waals surface area contributed by atoms with Crippen molar-refractivity contribution in [2.24, 2.45) is 0 Å². The number of nitrogens with zero attached hydrogens (tertiary/aromatic N) is 3. The summed E-state index contributed by atoms with van der Waals surface area (Å²) in [6, 6.07) is 7.53. The Morgan fingerprint density at radius 1 is 1.48 bits per heavy atom. The van der Waals surface area contributed by atoms with E-state index in [1.54, 1.807) is 4.68 Å². The third-order valence-electron chi connectivity index (χ3n) is 2.89. The number of hydrogen-bond acceptors (Lipinski definition) is 4. The normalized spacial score (nSPS) is 10.9. The summed E-state index contributed by atoms with van der Waals surface area (Å²) < 4.78 is 8.16. The monoisotopic (exact) mass is 353 g/mol. The van der Waals surface area contributed by atoms with E-state index in [0.29, 0.717) is 18.8 Å². The third-order valence-corrected chi connectivity index (χ3v) is 3.38. The van der Waals surface area contributed by atoms with Crippen LogP contribution >= 0.6 is 15.9 Å². The first kappa shape index (κ1) is 15.5. The Morgan fingerprint density at radius 2 is 2.24 bits per heavy atom. The average molecular weight is 354 g/mol. The number of halogens is 1. The molecule has 0 aliphatic heterocycles. The first-order valence-corrected chi connectivity index (χ1v) is 7.33. The van der Waals surface area contributed by atoms with Crippen LogP contribution in [-0.2, 0) is 6.54 Å². The smallest absolute Gasteiger partial charge is 0.358 e. The molecule has 0 saturated heterocycles. The maximum Gasteiger partial charge on any atom is 0.358 e. The molecule has 0 bridgehead atoms. The van der Waals surface area contributed by atoms with E-state index >= 15 is 0 Å². The van der Waals surface area contributed by atoms with E-state index in [1.165, 1.54) is 0 Å². The number of benzene rings is 1. The molecular formula is C14H16BrN3O3. The molecule has 6 nitrogen and oxygen atoms in total. The van der Waals surface area contributed by atoms with Crippen molar-refractivity contribution in [1.29, 1.82) is 0 Å². The van der Waals surface area contributed by atoms with E-state index in [1.807, 2.05) is 38.1 Å². The van der Waals surface area contributed by atoms with Gasteiger partial charge in [0.15, 0.2) is 5.69 Å². The fraction of sp³-hybridized carbons (Fsp3) is 0.357. The van der Waals surface area contributed by atoms with Crippen LogP contribution in [0.2, 0.25) is 0 Å². The van der Waals surface area contributed by atoms with E-state index in [9.17, 15) is 4.79 Å². The van der Waals surface area contributed by atoms with Crippen molar-refractivity contribution in [1.82, 2.24) is 15.0 Å². The van der Waals surface area contributed by atoms with Crippen LogP contribution in [0.5, 0.6) is 5.75 Å². The van der Waals surface area contributed by atoms with E-state index in [2.05, 4.69) is 26.2 Å². The molecule has 112 valence electrons. The van der Waals surface area contributed by atoms with Crippen molar-refractivity contribution in [3.05, 3.63) is 40.1 Å². The van der Waals surface area contributed by atoms with Gasteiger partial charge >= 0.3 is 5.97 Å². The van der Waals surface area contributed by atoms with Gasteiger partial charge in [0.25, 0.3) is 0 Å². The number of aromatic carboxylic acids is 1. The summed E-state index contributed by atoms with van der Waals surface area (Å²) in [6.45, 7) is 4.66. The second-order valence-electron chi connectivity index (χ2n) is 4.81. The number of carboxylic acids is 1. The number of aromatic nitrogens is 3. The molecule has 1 heterocycles. The van der Waals surface area contributed by atoms with Gasteiger partial charge in [-0.25, -0.2) is 9.48 Å². The zero-order valence-electron chi connectivity index (χ0n) is 11.8. The van der Waals surface area contributed by atoms with Gasteiger partial charge in [0.1, 0.15) is 12.4 Å². The molecule has 1 N–H and O–H groups in total. The quantitative estimate of drug-likeness (QED) is 0.863. The molecule has 21 heavy (non-hydrogen) atoms. The Bertz CT molecular complexity index is 640. The maximum atomic E-state index is 11.1. The lowest BCUT2D eigenvalue weighted by Crippen LogP contribution is -2.14. The molecule has 2 aromatic rings. The van der Waals surface area contributed by atoms with Crippen LogP contribution in [0.1, 0.15) is 35.9 Å². The number of hydrogen-bond donors (Lipinski definition) is 1. The molecule has 0 aliphatic carbocycles. The van der Waals surface area contributed by atoms with Gasteiger partial charge in [-0.15, -0.1) is 5.10 Å². The highest BCUT2D eigenvalue weighted by Crippen LogP contribution is 2.19. The lowest BCUT2D eigenvalue weighted by molar-refractivity contribution is 0.0688. The summed E-state index contributed by atoms with van der Waals surface area (Å²) in [5.41, 5.74) is 0.618. The minimum absolute atomic E-state index is 0.00690. The molecule has 0 spiro atoms. The highest BCUT2D eigenvalue weighted by molar-refractivity contribution is 9.10. The van der Waals surface area contributed by atoms with Crippen LogP contribution in [-0.4, -0.2) is 32.7 Å². The van der Waals surface area contributed by atoms with Gasteiger partial charge in [-0.3, -0.25) is 0 Å². The minimum Gasteiger partial charge on any atom is -0.492 e. The summed E-state index contributed by atoms with van der Waals surface area (Å²) >= 11 is 3.38. The molecule has 0 fully saturated rings. The van der Waals surface area contributed by atoms with Gasteiger partial charge in [0.05, 0.1) is 12.2 Å². The third kappa shape index (κ3) is 3.81. The molecule has 0 saturated carbocycles. The Morgan fingerprint density at radius 3 is 2.86 bits per heavy atom. The number of carboxylic acid groups (broad SMARTS) is 1. The highest BCUT2D eigenvalue weighted by Gasteiger charge is 2.21. The predicted octanol–water partition coefficient (Wildman–Crippen LogP) is 2.94. The van der Waals surface area contributed by atoms with Gasteiger partial charge in [0.2, 0.25) is 0 Å². The van der Waals surface area contributed by atoms with Crippen molar-refractivity contribution in [2.75, 3.05) is 6.61 Å². The van der Waals surface area contributed by atoms with Crippen molar-refractivity contribution in [2.45, 2.75) is 26.3 Å². The topological polar surface area (TPSA) is 77.2 Å². The Kier molecular flexibility index (Phi) is 4.95. The van der Waals surface area contributed by atoms with Crippen LogP contribution in [0.25, 0.3) is 0 Å². The second-order valence-corrected chi connectivity index (χ2v) is 5.73. The van der Waals surface area contributed by atoms with Crippen LogP contribution < -0.4 is 4.74 Å². The maximum absolute atomic E-state index is 11.1. The molecule has 0 aliphatic rings. The van der Waals surface area contributed by atoms with Crippen LogP contribution in [0.4, 0.5) is 0 Å². The molecule has 0 radical (unpaired) electrons. The second kappa shape index (κ2) is 6.71. The van der Waals surface area contributed by atoms with E-state index in [4.69, 9.17) is 9.84 Å². The zero-order chi connectivity index (χ0) is 15.4. The molecule has 7 heteroatoms. The van der Waals surface area contributed by atoms with Crippen molar-refractivity contribution < 1.29 is 14.6 Å². The molecule has 0 atom stereocenters. The zero-order valence-corrected chi connectivity index (χ0v) is 13.4. The minimum atomic E-state index is -1.06. The number of rotatable bonds is 6. The van der Waals surface area contributed by atoms with Gasteiger partial charge < -0.3 is 9.84 Å². The number of ether oxygens (including phenoxy) is 1. The Balaban J connectivity index is 2.05. The fourth-order valence-electron chi connectivity index (χ4n) is 2.02. The Hall–Kier alpha value is -1.89. The van der Waals surface area contributed by atoms with E-state index < -0.39 is 5.97 Å². The lowest BCUT2D eigenvalue weighted by Gasteiger charge is -2.11. The van der Waals surface area contributed by atoms with Gasteiger partial charge in [0, 0.05) is 4.47 Å². The summed E-state index contributed by atoms with van der Waals surface area (Å²) in [6.07, 6.45) is 0. The van der Waals surface area contributed by atoms with Crippen molar-refractivity contribution >= 4 is 21.9 Å². The number of carbonyl (C=O) groups is 1. The molecule has 0 unspecified atom stereocenters. The Labute approximate surface area is 130 Å². The van der Waals surface area contributed by atoms with Crippen LogP contribution in [0, 0.1) is 0 Å². The summed E-state index contributed by atoms with van der Waals surface area (Å²) in [4.78, 5) is 11.1. The fourth-order valence-corrected chi connectivity index (χ4v) is 2.39. The van der Waals surface area contributed by atoms with Crippen molar-refractivity contribution in [3.8, 4) is 5.75 Å².